The van der Waals surface area contributed by atoms with Gasteiger partial charge in [-0.25, -0.2) is 0 Å². The Labute approximate surface area is 157 Å². The first-order valence-corrected chi connectivity index (χ1v) is 11.4. The first-order chi connectivity index (χ1) is 12.0. The maximum atomic E-state index is 12.9. The third-order valence-electron chi connectivity index (χ3n) is 3.81. The lowest BCUT2D eigenvalue weighted by atomic mass is 10.1. The molecule has 0 fully saturated rings. The van der Waals surface area contributed by atoms with Crippen molar-refractivity contribution in [3.63, 3.8) is 0 Å². The van der Waals surface area contributed by atoms with E-state index in [1.54, 1.807) is 26.8 Å². The van der Waals surface area contributed by atoms with Crippen LogP contribution in [-0.4, -0.2) is 44.3 Å². The average molecular weight is 405 g/mol. The van der Waals surface area contributed by atoms with Gasteiger partial charge in [0.1, 0.15) is 16.3 Å². The topological polar surface area (TPSA) is 119 Å². The molecule has 1 aromatic rings. The van der Waals surface area contributed by atoms with Crippen LogP contribution in [0.15, 0.2) is 24.3 Å². The number of ether oxygens (including phenoxy) is 1. The summed E-state index contributed by atoms with van der Waals surface area (Å²) in [5.41, 5.74) is 0.790. The number of benzene rings is 1. The Kier molecular flexibility index (Phi) is 8.63. The minimum absolute atomic E-state index is 0.0635. The number of rotatable bonds is 10. The van der Waals surface area contributed by atoms with Crippen molar-refractivity contribution in [2.24, 2.45) is 0 Å². The van der Waals surface area contributed by atoms with Gasteiger partial charge in [-0.05, 0) is 45.2 Å². The molecule has 0 bridgehead atoms. The smallest absolute Gasteiger partial charge is 0.303 e. The third kappa shape index (κ3) is 7.29. The van der Waals surface area contributed by atoms with Crippen LogP contribution in [0.4, 0.5) is 0 Å². The Morgan fingerprint density at radius 2 is 2.00 bits per heavy atom. The molecule has 9 heteroatoms. The first kappa shape index (κ1) is 23.0. The number of aliphatic carboxylic acids is 1. The van der Waals surface area contributed by atoms with Gasteiger partial charge < -0.3 is 19.3 Å². The SMILES string of the molecule is COc1ccccc1CCP(=O)(O)C(CCC(=O)O)N[S@@+]([O-])C(C)(C)C. The van der Waals surface area contributed by atoms with E-state index >= 15 is 0 Å². The van der Waals surface area contributed by atoms with Crippen molar-refractivity contribution in [3.05, 3.63) is 29.8 Å². The van der Waals surface area contributed by atoms with Crippen molar-refractivity contribution in [2.45, 2.75) is 50.6 Å². The molecule has 2 unspecified atom stereocenters. The highest BCUT2D eigenvalue weighted by Crippen LogP contribution is 2.48. The van der Waals surface area contributed by atoms with Crippen molar-refractivity contribution in [2.75, 3.05) is 13.3 Å². The van der Waals surface area contributed by atoms with Crippen LogP contribution in [0, 0.1) is 0 Å². The van der Waals surface area contributed by atoms with Crippen molar-refractivity contribution in [1.29, 1.82) is 0 Å². The van der Waals surface area contributed by atoms with Gasteiger partial charge in [0.2, 0.25) is 7.37 Å². The summed E-state index contributed by atoms with van der Waals surface area (Å²) < 4.78 is 32.5. The van der Waals surface area contributed by atoms with Gasteiger partial charge in [0, 0.05) is 23.9 Å². The van der Waals surface area contributed by atoms with E-state index in [-0.39, 0.29) is 19.0 Å². The summed E-state index contributed by atoms with van der Waals surface area (Å²) in [6.45, 7) is 5.21. The number of para-hydroxylation sites is 1. The Morgan fingerprint density at radius 1 is 1.38 bits per heavy atom. The van der Waals surface area contributed by atoms with Crippen LogP contribution in [0.1, 0.15) is 39.2 Å². The predicted molar refractivity (Wildman–Crippen MR) is 103 cm³/mol. The van der Waals surface area contributed by atoms with E-state index in [1.165, 1.54) is 7.11 Å². The largest absolute Gasteiger partial charge is 0.598 e. The molecule has 0 heterocycles. The second kappa shape index (κ2) is 9.76. The summed E-state index contributed by atoms with van der Waals surface area (Å²) >= 11 is -1.58. The number of carboxylic acids is 1. The Bertz CT molecular complexity index is 648. The summed E-state index contributed by atoms with van der Waals surface area (Å²) in [6.07, 6.45) is -0.119. The van der Waals surface area contributed by atoms with Crippen molar-refractivity contribution in [3.8, 4) is 5.75 Å². The van der Waals surface area contributed by atoms with Crippen molar-refractivity contribution >= 4 is 24.7 Å². The summed E-state index contributed by atoms with van der Waals surface area (Å²) in [4.78, 5) is 21.4. The molecule has 0 spiro atoms. The van der Waals surface area contributed by atoms with E-state index in [2.05, 4.69) is 4.72 Å². The molecule has 0 saturated carbocycles. The van der Waals surface area contributed by atoms with Gasteiger partial charge in [-0.15, -0.1) is 4.72 Å². The van der Waals surface area contributed by atoms with Crippen LogP contribution >= 0.6 is 7.37 Å². The van der Waals surface area contributed by atoms with E-state index in [0.717, 1.165) is 5.56 Å². The summed E-state index contributed by atoms with van der Waals surface area (Å²) in [5.74, 6) is -1.49. The van der Waals surface area contributed by atoms with Gasteiger partial charge >= 0.3 is 5.97 Å². The quantitative estimate of drug-likeness (QED) is 0.404. The van der Waals surface area contributed by atoms with Crippen LogP contribution in [0.3, 0.4) is 0 Å². The lowest BCUT2D eigenvalue weighted by Gasteiger charge is -2.30. The molecule has 3 N–H and O–H groups in total. The van der Waals surface area contributed by atoms with Crippen molar-refractivity contribution in [1.82, 2.24) is 4.72 Å². The van der Waals surface area contributed by atoms with Crippen LogP contribution in [0.5, 0.6) is 5.75 Å². The molecule has 1 rings (SSSR count). The number of carbonyl (C=O) groups is 1. The average Bonchev–Trinajstić information content (AvgIpc) is 2.55. The van der Waals surface area contributed by atoms with Crippen LogP contribution in [-0.2, 0) is 27.1 Å². The summed E-state index contributed by atoms with van der Waals surface area (Å²) in [5, 5.41) is 8.91. The molecule has 0 aliphatic heterocycles. The molecule has 3 atom stereocenters. The second-order valence-corrected chi connectivity index (χ2v) is 11.6. The van der Waals surface area contributed by atoms with Gasteiger partial charge in [-0.1, -0.05) is 18.2 Å². The maximum absolute atomic E-state index is 12.9. The molecule has 1 aromatic carbocycles. The number of hydrogen-bond acceptors (Lipinski definition) is 5. The fourth-order valence-corrected chi connectivity index (χ4v) is 5.32. The Hall–Kier alpha value is -1.05. The molecule has 26 heavy (non-hydrogen) atoms. The highest BCUT2D eigenvalue weighted by molar-refractivity contribution is 7.91. The van der Waals surface area contributed by atoms with E-state index in [1.807, 2.05) is 18.2 Å². The standard InChI is InChI=1S/C17H28NO6PS/c1-17(2,3)26(23)18-15(9-10-16(19)20)25(21,22)12-11-13-7-5-6-8-14(13)24-4/h5-8,15,18H,9-12H2,1-4H3,(H,19,20)(H,21,22)/t15?,26-/m0/s1. The predicted octanol–water partition coefficient (Wildman–Crippen LogP) is 2.75. The molecule has 148 valence electrons. The fourth-order valence-electron chi connectivity index (χ4n) is 2.25. The highest BCUT2D eigenvalue weighted by atomic mass is 32.2. The van der Waals surface area contributed by atoms with Crippen molar-refractivity contribution < 1.29 is 28.6 Å². The zero-order chi connectivity index (χ0) is 20.0. The number of hydrogen-bond donors (Lipinski definition) is 3. The molecular formula is C17H28NO6PS. The Balaban J connectivity index is 2.90. The molecule has 0 amide bonds. The van der Waals surface area contributed by atoms with E-state index in [0.29, 0.717) is 12.2 Å². The van der Waals surface area contributed by atoms with Crippen LogP contribution < -0.4 is 9.46 Å². The lowest BCUT2D eigenvalue weighted by molar-refractivity contribution is -0.137. The Morgan fingerprint density at radius 3 is 2.54 bits per heavy atom. The minimum atomic E-state index is -3.80. The second-order valence-electron chi connectivity index (χ2n) is 6.99. The van der Waals surface area contributed by atoms with E-state index in [9.17, 15) is 18.8 Å². The number of carboxylic acid groups (broad SMARTS) is 1. The molecule has 0 aliphatic carbocycles. The van der Waals surface area contributed by atoms with Gasteiger partial charge in [-0.2, -0.15) is 0 Å². The molecule has 0 aromatic heterocycles. The lowest BCUT2D eigenvalue weighted by Crippen LogP contribution is -2.45. The van der Waals surface area contributed by atoms with Gasteiger partial charge in [0.25, 0.3) is 0 Å². The molecule has 7 nitrogen and oxygen atoms in total. The molecule has 0 radical (unpaired) electrons. The van der Waals surface area contributed by atoms with E-state index < -0.39 is 35.2 Å². The van der Waals surface area contributed by atoms with Gasteiger partial charge in [-0.3, -0.25) is 9.36 Å². The fraction of sp³-hybridized carbons (Fsp3) is 0.588. The first-order valence-electron chi connectivity index (χ1n) is 8.30. The van der Waals surface area contributed by atoms with Crippen LogP contribution in [0.25, 0.3) is 0 Å². The molecule has 0 saturated heterocycles. The minimum Gasteiger partial charge on any atom is -0.598 e. The zero-order valence-electron chi connectivity index (χ0n) is 15.6. The van der Waals surface area contributed by atoms with Gasteiger partial charge in [0.15, 0.2) is 0 Å². The highest BCUT2D eigenvalue weighted by Gasteiger charge is 2.38. The number of nitrogens with one attached hydrogen (secondary N) is 1. The van der Waals surface area contributed by atoms with Gasteiger partial charge in [0.05, 0.1) is 7.11 Å². The maximum Gasteiger partial charge on any atom is 0.303 e. The number of methoxy groups -OCH3 is 1. The number of aryl methyl sites for hydroxylation is 1. The van der Waals surface area contributed by atoms with E-state index in [4.69, 9.17) is 9.84 Å². The molecule has 0 aliphatic rings. The summed E-state index contributed by atoms with van der Waals surface area (Å²) in [6, 6.07) is 7.21. The zero-order valence-corrected chi connectivity index (χ0v) is 17.3. The molecular weight excluding hydrogens is 377 g/mol. The normalized spacial score (nSPS) is 16.5. The van der Waals surface area contributed by atoms with Crippen LogP contribution in [0.2, 0.25) is 0 Å². The monoisotopic (exact) mass is 405 g/mol. The third-order valence-corrected chi connectivity index (χ3v) is 7.82. The summed E-state index contributed by atoms with van der Waals surface area (Å²) in [7, 11) is -2.27.